The number of nitrogens with zero attached hydrogens (tertiary/aromatic N) is 1. The summed E-state index contributed by atoms with van der Waals surface area (Å²) in [5.41, 5.74) is 3.47. The molecular weight excluding hydrogens is 364 g/mol. The van der Waals surface area contributed by atoms with Crippen molar-refractivity contribution >= 4 is 23.2 Å². The molecule has 1 amide bonds. The number of ether oxygens (including phenoxy) is 1. The Morgan fingerprint density at radius 1 is 1.15 bits per heavy atom. The van der Waals surface area contributed by atoms with Crippen LogP contribution in [-0.4, -0.2) is 23.1 Å². The molecule has 0 saturated heterocycles. The molecule has 27 heavy (non-hydrogen) atoms. The molecule has 0 aliphatic carbocycles. The average molecular weight is 386 g/mol. The summed E-state index contributed by atoms with van der Waals surface area (Å²) >= 11 is 1.55. The molecule has 142 valence electrons. The molecule has 0 radical (unpaired) electrons. The number of aromatic nitrogens is 1. The zero-order valence-electron chi connectivity index (χ0n) is 15.8. The third-order valence-electron chi connectivity index (χ3n) is 4.42. The monoisotopic (exact) mass is 386 g/mol. The zero-order valence-corrected chi connectivity index (χ0v) is 16.6. The summed E-state index contributed by atoms with van der Waals surface area (Å²) < 4.78 is 12.5. The molecule has 7 heteroatoms. The van der Waals surface area contributed by atoms with E-state index in [4.69, 9.17) is 9.15 Å². The van der Waals surface area contributed by atoms with E-state index < -0.39 is 5.97 Å². The Balaban J connectivity index is 1.72. The second-order valence-corrected chi connectivity index (χ2v) is 7.55. The fourth-order valence-electron chi connectivity index (χ4n) is 2.85. The number of hydrogen-bond donors (Lipinski definition) is 1. The lowest BCUT2D eigenvalue weighted by atomic mass is 10.1. The minimum absolute atomic E-state index is 0.257. The van der Waals surface area contributed by atoms with Gasteiger partial charge >= 0.3 is 5.97 Å². The van der Waals surface area contributed by atoms with Crippen molar-refractivity contribution in [2.24, 2.45) is 0 Å². The molecular formula is C20H22N2O4S. The number of aryl methyl sites for hydroxylation is 3. The summed E-state index contributed by atoms with van der Waals surface area (Å²) in [6, 6.07) is 7.53. The van der Waals surface area contributed by atoms with Gasteiger partial charge in [-0.05, 0) is 57.5 Å². The highest BCUT2D eigenvalue weighted by molar-refractivity contribution is 7.15. The number of carbonyl (C=O) groups excluding carboxylic acids is 2. The molecule has 3 aromatic rings. The standard InChI is InChI=1S/C20H22N2O4S/c1-12-7-8-13(2)22(12)19-18(14(3)15(4)27-19)20(24)26-11-17(23)21-10-16-6-5-9-25-16/h5-9H,10-11H2,1-4H3,(H,21,23). The summed E-state index contributed by atoms with van der Waals surface area (Å²) in [7, 11) is 0. The maximum absolute atomic E-state index is 12.7. The molecule has 0 saturated carbocycles. The number of furan rings is 1. The number of amides is 1. The van der Waals surface area contributed by atoms with Gasteiger partial charge in [0.15, 0.2) is 6.61 Å². The molecule has 0 bridgehead atoms. The van der Waals surface area contributed by atoms with Crippen molar-refractivity contribution in [1.29, 1.82) is 0 Å². The second kappa shape index (κ2) is 7.84. The van der Waals surface area contributed by atoms with E-state index in [2.05, 4.69) is 5.32 Å². The van der Waals surface area contributed by atoms with Crippen LogP contribution in [0.3, 0.4) is 0 Å². The molecule has 0 aliphatic heterocycles. The van der Waals surface area contributed by atoms with Crippen molar-refractivity contribution in [3.8, 4) is 5.00 Å². The van der Waals surface area contributed by atoms with Crippen molar-refractivity contribution in [1.82, 2.24) is 9.88 Å². The molecule has 0 atom stereocenters. The van der Waals surface area contributed by atoms with Gasteiger partial charge in [-0.15, -0.1) is 11.3 Å². The molecule has 3 rings (SSSR count). The molecule has 0 spiro atoms. The zero-order chi connectivity index (χ0) is 19.6. The fraction of sp³-hybridized carbons (Fsp3) is 0.300. The molecule has 6 nitrogen and oxygen atoms in total. The Bertz CT molecular complexity index is 947. The van der Waals surface area contributed by atoms with E-state index in [1.54, 1.807) is 23.5 Å². The highest BCUT2D eigenvalue weighted by Crippen LogP contribution is 2.33. The van der Waals surface area contributed by atoms with E-state index in [0.717, 1.165) is 26.8 Å². The predicted molar refractivity (Wildman–Crippen MR) is 103 cm³/mol. The molecule has 0 aromatic carbocycles. The van der Waals surface area contributed by atoms with Gasteiger partial charge < -0.3 is 19.0 Å². The first kappa shape index (κ1) is 19.0. The molecule has 0 fully saturated rings. The maximum Gasteiger partial charge on any atom is 0.341 e. The van der Waals surface area contributed by atoms with E-state index in [-0.39, 0.29) is 19.1 Å². The van der Waals surface area contributed by atoms with Gasteiger partial charge in [-0.3, -0.25) is 4.79 Å². The smallest absolute Gasteiger partial charge is 0.341 e. The fourth-order valence-corrected chi connectivity index (χ4v) is 4.11. The highest BCUT2D eigenvalue weighted by atomic mass is 32.1. The number of carbonyl (C=O) groups is 2. The maximum atomic E-state index is 12.7. The van der Waals surface area contributed by atoms with Gasteiger partial charge in [0.1, 0.15) is 10.8 Å². The molecule has 1 N–H and O–H groups in total. The van der Waals surface area contributed by atoms with Crippen LogP contribution in [0.2, 0.25) is 0 Å². The molecule has 0 unspecified atom stereocenters. The van der Waals surface area contributed by atoms with Gasteiger partial charge in [0.05, 0.1) is 18.4 Å². The summed E-state index contributed by atoms with van der Waals surface area (Å²) in [6.07, 6.45) is 1.54. The van der Waals surface area contributed by atoms with Gasteiger partial charge in [-0.25, -0.2) is 4.79 Å². The van der Waals surface area contributed by atoms with Gasteiger partial charge in [-0.1, -0.05) is 0 Å². The summed E-state index contributed by atoms with van der Waals surface area (Å²) in [6.45, 7) is 7.79. The van der Waals surface area contributed by atoms with Gasteiger partial charge in [0, 0.05) is 16.3 Å². The number of nitrogens with one attached hydrogen (secondary N) is 1. The molecule has 3 aromatic heterocycles. The third kappa shape index (κ3) is 3.98. The van der Waals surface area contributed by atoms with Crippen LogP contribution in [0.4, 0.5) is 0 Å². The van der Waals surface area contributed by atoms with Crippen LogP contribution in [0.25, 0.3) is 5.00 Å². The first-order valence-corrected chi connectivity index (χ1v) is 9.41. The highest BCUT2D eigenvalue weighted by Gasteiger charge is 2.24. The number of hydrogen-bond acceptors (Lipinski definition) is 5. The SMILES string of the molecule is Cc1sc(-n2c(C)ccc2C)c(C(=O)OCC(=O)NCc2ccco2)c1C. The predicted octanol–water partition coefficient (Wildman–Crippen LogP) is 3.84. The van der Waals surface area contributed by atoms with Gasteiger partial charge in [0.25, 0.3) is 5.91 Å². The van der Waals surface area contributed by atoms with Crippen LogP contribution >= 0.6 is 11.3 Å². The van der Waals surface area contributed by atoms with Crippen LogP contribution in [-0.2, 0) is 16.1 Å². The van der Waals surface area contributed by atoms with Crippen molar-refractivity contribution in [2.45, 2.75) is 34.2 Å². The molecule has 3 heterocycles. The van der Waals surface area contributed by atoms with Crippen LogP contribution in [0, 0.1) is 27.7 Å². The van der Waals surface area contributed by atoms with E-state index in [0.29, 0.717) is 11.3 Å². The Morgan fingerprint density at radius 2 is 1.85 bits per heavy atom. The van der Waals surface area contributed by atoms with E-state index in [1.807, 2.05) is 44.4 Å². The van der Waals surface area contributed by atoms with E-state index >= 15 is 0 Å². The molecule has 0 aliphatic rings. The quantitative estimate of drug-likeness (QED) is 0.653. The van der Waals surface area contributed by atoms with Crippen molar-refractivity contribution < 1.29 is 18.7 Å². The Kier molecular flexibility index (Phi) is 5.51. The van der Waals surface area contributed by atoms with Gasteiger partial charge in [-0.2, -0.15) is 0 Å². The lowest BCUT2D eigenvalue weighted by Gasteiger charge is -2.11. The average Bonchev–Trinajstić information content (AvgIpc) is 3.33. The summed E-state index contributed by atoms with van der Waals surface area (Å²) in [4.78, 5) is 25.7. The normalized spacial score (nSPS) is 10.8. The van der Waals surface area contributed by atoms with E-state index in [9.17, 15) is 9.59 Å². The largest absolute Gasteiger partial charge is 0.467 e. The topological polar surface area (TPSA) is 73.5 Å². The first-order valence-electron chi connectivity index (χ1n) is 8.60. The second-order valence-electron chi connectivity index (χ2n) is 6.35. The minimum atomic E-state index is -0.493. The van der Waals surface area contributed by atoms with Crippen LogP contribution < -0.4 is 5.32 Å². The lowest BCUT2D eigenvalue weighted by molar-refractivity contribution is -0.124. The van der Waals surface area contributed by atoms with Crippen LogP contribution in [0.15, 0.2) is 34.9 Å². The minimum Gasteiger partial charge on any atom is -0.467 e. The van der Waals surface area contributed by atoms with Crippen LogP contribution in [0.1, 0.15) is 37.9 Å². The Hall–Kier alpha value is -2.80. The summed E-state index contributed by atoms with van der Waals surface area (Å²) in [5, 5.41) is 3.48. The third-order valence-corrected chi connectivity index (χ3v) is 5.61. The van der Waals surface area contributed by atoms with E-state index in [1.165, 1.54) is 6.26 Å². The number of rotatable bonds is 6. The lowest BCUT2D eigenvalue weighted by Crippen LogP contribution is -2.28. The van der Waals surface area contributed by atoms with Crippen LogP contribution in [0.5, 0.6) is 0 Å². The Morgan fingerprint density at radius 3 is 2.48 bits per heavy atom. The Labute approximate surface area is 161 Å². The van der Waals surface area contributed by atoms with Crippen molar-refractivity contribution in [2.75, 3.05) is 6.61 Å². The van der Waals surface area contributed by atoms with Crippen molar-refractivity contribution in [3.63, 3.8) is 0 Å². The first-order chi connectivity index (χ1) is 12.9. The number of esters is 1. The summed E-state index contributed by atoms with van der Waals surface area (Å²) in [5.74, 6) is -0.230. The number of thiophene rings is 1. The van der Waals surface area contributed by atoms with Gasteiger partial charge in [0.2, 0.25) is 0 Å². The van der Waals surface area contributed by atoms with Crippen molar-refractivity contribution in [3.05, 3.63) is 63.7 Å².